The van der Waals surface area contributed by atoms with Crippen LogP contribution in [0.1, 0.15) is 40.3 Å². The van der Waals surface area contributed by atoms with E-state index < -0.39 is 24.1 Å². The number of rotatable bonds is 8. The minimum absolute atomic E-state index is 0.238. The van der Waals surface area contributed by atoms with Crippen molar-refractivity contribution in [3.05, 3.63) is 20.3 Å². The van der Waals surface area contributed by atoms with Gasteiger partial charge in [0.05, 0.1) is 22.6 Å². The van der Waals surface area contributed by atoms with Crippen LogP contribution in [0.4, 0.5) is 5.82 Å². The molecule has 0 bridgehead atoms. The van der Waals surface area contributed by atoms with E-state index in [0.29, 0.717) is 21.2 Å². The van der Waals surface area contributed by atoms with Crippen molar-refractivity contribution in [3.8, 4) is 0 Å². The molecule has 1 aromatic rings. The van der Waals surface area contributed by atoms with Gasteiger partial charge in [-0.2, -0.15) is 4.98 Å². The summed E-state index contributed by atoms with van der Waals surface area (Å²) in [7, 11) is 0. The fourth-order valence-corrected chi connectivity index (χ4v) is 3.59. The van der Waals surface area contributed by atoms with Crippen molar-refractivity contribution in [3.63, 3.8) is 0 Å². The van der Waals surface area contributed by atoms with Crippen LogP contribution in [0.5, 0.6) is 0 Å². The second kappa shape index (κ2) is 9.94. The third-order valence-electron chi connectivity index (χ3n) is 4.13. The highest BCUT2D eigenvalue weighted by atomic mass is 127. The normalized spacial score (nSPS) is 23.1. The van der Waals surface area contributed by atoms with Crippen molar-refractivity contribution in [1.82, 2.24) is 14.5 Å². The third-order valence-corrected chi connectivity index (χ3v) is 4.89. The Labute approximate surface area is 173 Å². The molecule has 27 heavy (non-hydrogen) atoms. The van der Waals surface area contributed by atoms with Crippen molar-refractivity contribution in [2.75, 3.05) is 19.7 Å². The van der Waals surface area contributed by atoms with E-state index in [1.165, 1.54) is 4.57 Å². The Morgan fingerprint density at radius 3 is 2.56 bits per heavy atom. The highest BCUT2D eigenvalue weighted by Gasteiger charge is 2.35. The number of hydrogen-bond donors (Lipinski definition) is 2. The summed E-state index contributed by atoms with van der Waals surface area (Å²) < 4.78 is 7.60. The predicted octanol–water partition coefficient (Wildman–Crippen LogP) is 1.76. The minimum Gasteiger partial charge on any atom is -0.394 e. The first-order valence-electron chi connectivity index (χ1n) is 9.22. The Bertz CT molecular complexity index is 697. The van der Waals surface area contributed by atoms with Crippen molar-refractivity contribution < 1.29 is 14.9 Å². The summed E-state index contributed by atoms with van der Waals surface area (Å²) in [5, 5.41) is 19.1. The van der Waals surface area contributed by atoms with Gasteiger partial charge in [-0.1, -0.05) is 27.7 Å². The molecule has 0 aromatic carbocycles. The summed E-state index contributed by atoms with van der Waals surface area (Å²) >= 11 is 2.08. The van der Waals surface area contributed by atoms with E-state index in [4.69, 9.17) is 4.74 Å². The molecule has 0 spiro atoms. The van der Waals surface area contributed by atoms with Gasteiger partial charge in [-0.05, 0) is 34.4 Å². The largest absolute Gasteiger partial charge is 0.394 e. The first-order chi connectivity index (χ1) is 12.7. The number of hydrogen-bond acceptors (Lipinski definition) is 6. The maximum absolute atomic E-state index is 12.4. The van der Waals surface area contributed by atoms with Gasteiger partial charge in [-0.15, -0.1) is 0 Å². The molecular weight excluding hydrogens is 463 g/mol. The minimum atomic E-state index is -0.803. The Hall–Kier alpha value is -1.04. The van der Waals surface area contributed by atoms with Crippen LogP contribution in [0.3, 0.4) is 0 Å². The molecule has 152 valence electrons. The zero-order valence-electron chi connectivity index (χ0n) is 16.2. The molecule has 0 aliphatic carbocycles. The highest BCUT2D eigenvalue weighted by Crippen LogP contribution is 2.28. The fourth-order valence-electron chi connectivity index (χ4n) is 3.03. The molecule has 0 unspecified atom stereocenters. The van der Waals surface area contributed by atoms with Crippen LogP contribution >= 0.6 is 22.6 Å². The zero-order chi connectivity index (χ0) is 20.1. The molecule has 2 heterocycles. The number of aliphatic imine (C=N–C) groups is 1. The van der Waals surface area contributed by atoms with Crippen molar-refractivity contribution in [2.24, 2.45) is 16.8 Å². The second-order valence-corrected chi connectivity index (χ2v) is 8.87. The van der Waals surface area contributed by atoms with E-state index in [1.54, 1.807) is 12.5 Å². The van der Waals surface area contributed by atoms with E-state index in [0.717, 1.165) is 13.1 Å². The first-order valence-corrected chi connectivity index (χ1v) is 10.3. The summed E-state index contributed by atoms with van der Waals surface area (Å²) in [5.74, 6) is 1.37. The van der Waals surface area contributed by atoms with Crippen LogP contribution in [0.25, 0.3) is 0 Å². The second-order valence-electron chi connectivity index (χ2n) is 7.70. The van der Waals surface area contributed by atoms with Crippen molar-refractivity contribution in [2.45, 2.75) is 52.6 Å². The lowest BCUT2D eigenvalue weighted by Crippen LogP contribution is -2.30. The van der Waals surface area contributed by atoms with Crippen LogP contribution in [-0.4, -0.2) is 62.9 Å². The van der Waals surface area contributed by atoms with Gasteiger partial charge >= 0.3 is 5.69 Å². The lowest BCUT2D eigenvalue weighted by Gasteiger charge is -2.23. The Morgan fingerprint density at radius 2 is 2.04 bits per heavy atom. The molecule has 9 heteroatoms. The molecular formula is C18H29IN4O4. The topological polar surface area (TPSA) is 100 Å². The van der Waals surface area contributed by atoms with Gasteiger partial charge in [-0.3, -0.25) is 4.57 Å². The Kier molecular flexibility index (Phi) is 8.20. The highest BCUT2D eigenvalue weighted by molar-refractivity contribution is 14.1. The van der Waals surface area contributed by atoms with Gasteiger partial charge in [0, 0.05) is 25.7 Å². The predicted molar refractivity (Wildman–Crippen MR) is 112 cm³/mol. The van der Waals surface area contributed by atoms with Gasteiger partial charge in [0.1, 0.15) is 12.3 Å². The molecule has 2 rings (SSSR count). The summed E-state index contributed by atoms with van der Waals surface area (Å²) in [6, 6.07) is 0. The third kappa shape index (κ3) is 6.23. The maximum atomic E-state index is 12.4. The monoisotopic (exact) mass is 492 g/mol. The van der Waals surface area contributed by atoms with Gasteiger partial charge in [0.2, 0.25) is 0 Å². The van der Waals surface area contributed by atoms with Gasteiger partial charge in [-0.25, -0.2) is 9.79 Å². The SMILES string of the molecule is CC(C)CN(C=Nc1nc(=O)n([C@H]2C[C@H](O)[C@@H](CO)O2)cc1I)CC(C)C. The van der Waals surface area contributed by atoms with Crippen LogP contribution in [0.2, 0.25) is 0 Å². The first kappa shape index (κ1) is 22.3. The average molecular weight is 492 g/mol. The molecule has 1 saturated heterocycles. The fraction of sp³-hybridized carbons (Fsp3) is 0.722. The lowest BCUT2D eigenvalue weighted by atomic mass is 10.1. The van der Waals surface area contributed by atoms with E-state index in [9.17, 15) is 15.0 Å². The van der Waals surface area contributed by atoms with E-state index in [1.807, 2.05) is 0 Å². The standard InChI is InChI=1S/C18H29IN4O4/c1-11(2)6-22(7-12(3)4)10-20-17-13(19)8-23(18(26)21-17)16-5-14(25)15(9-24)27-16/h8,10-12,14-16,24-25H,5-7,9H2,1-4H3/t14-,15+,16+/m0/s1. The lowest BCUT2D eigenvalue weighted by molar-refractivity contribution is -0.0459. The molecule has 1 aliphatic heterocycles. The number of nitrogens with zero attached hydrogens (tertiary/aromatic N) is 4. The van der Waals surface area contributed by atoms with Crippen LogP contribution in [0.15, 0.2) is 16.0 Å². The van der Waals surface area contributed by atoms with E-state index in [2.05, 4.69) is 65.2 Å². The molecule has 1 aliphatic rings. The summed E-state index contributed by atoms with van der Waals surface area (Å²) in [6.07, 6.45) is 1.51. The van der Waals surface area contributed by atoms with Crippen LogP contribution < -0.4 is 5.69 Å². The quantitative estimate of drug-likeness (QED) is 0.326. The van der Waals surface area contributed by atoms with Gasteiger partial charge in [0.25, 0.3) is 0 Å². The molecule has 0 amide bonds. The molecule has 1 fully saturated rings. The molecule has 8 nitrogen and oxygen atoms in total. The molecule has 3 atom stereocenters. The molecule has 0 saturated carbocycles. The van der Waals surface area contributed by atoms with Crippen molar-refractivity contribution in [1.29, 1.82) is 0 Å². The van der Waals surface area contributed by atoms with Gasteiger partial charge < -0.3 is 19.8 Å². The number of aliphatic hydroxyl groups is 2. The van der Waals surface area contributed by atoms with Crippen molar-refractivity contribution >= 4 is 34.7 Å². The summed E-state index contributed by atoms with van der Waals surface area (Å²) in [5.41, 5.74) is -0.488. The van der Waals surface area contributed by atoms with E-state index in [-0.39, 0.29) is 13.0 Å². The summed E-state index contributed by atoms with van der Waals surface area (Å²) in [6.45, 7) is 10.1. The van der Waals surface area contributed by atoms with Crippen LogP contribution in [-0.2, 0) is 4.74 Å². The van der Waals surface area contributed by atoms with Crippen LogP contribution in [0, 0.1) is 15.4 Å². The number of halogens is 1. The number of aromatic nitrogens is 2. The Morgan fingerprint density at radius 1 is 1.41 bits per heavy atom. The number of aliphatic hydroxyl groups excluding tert-OH is 2. The summed E-state index contributed by atoms with van der Waals surface area (Å²) in [4.78, 5) is 23.1. The number of ether oxygens (including phenoxy) is 1. The molecule has 2 N–H and O–H groups in total. The van der Waals surface area contributed by atoms with Gasteiger partial charge in [0.15, 0.2) is 5.82 Å². The zero-order valence-corrected chi connectivity index (χ0v) is 18.4. The average Bonchev–Trinajstić information content (AvgIpc) is 2.94. The molecule has 0 radical (unpaired) electrons. The van der Waals surface area contributed by atoms with E-state index >= 15 is 0 Å². The Balaban J connectivity index is 2.19. The maximum Gasteiger partial charge on any atom is 0.351 e. The molecule has 1 aromatic heterocycles. The smallest absolute Gasteiger partial charge is 0.351 e.